The Labute approximate surface area is 103 Å². The van der Waals surface area contributed by atoms with Crippen LogP contribution < -0.4 is 0 Å². The maximum absolute atomic E-state index is 9.94. The van der Waals surface area contributed by atoms with Crippen LogP contribution in [0, 0.1) is 0 Å². The van der Waals surface area contributed by atoms with E-state index in [0.29, 0.717) is 11.4 Å². The first-order chi connectivity index (χ1) is 7.66. The molecule has 2 rings (SSSR count). The van der Waals surface area contributed by atoms with E-state index in [1.807, 2.05) is 29.3 Å². The lowest BCUT2D eigenvalue weighted by molar-refractivity contribution is 0.170. The third-order valence-electron chi connectivity index (χ3n) is 2.48. The van der Waals surface area contributed by atoms with E-state index in [0.717, 1.165) is 17.1 Å². The number of aliphatic hydroxyl groups excluding tert-OH is 1. The lowest BCUT2D eigenvalue weighted by atomic mass is 10.1. The number of hydrogen-bond acceptors (Lipinski definition) is 3. The molecule has 0 aliphatic heterocycles. The van der Waals surface area contributed by atoms with Gasteiger partial charge in [-0.05, 0) is 12.5 Å². The molecule has 5 heteroatoms. The van der Waals surface area contributed by atoms with Gasteiger partial charge in [-0.15, -0.1) is 11.3 Å². The summed E-state index contributed by atoms with van der Waals surface area (Å²) < 4.78 is 1.97. The summed E-state index contributed by atoms with van der Waals surface area (Å²) >= 11 is 7.30. The molecule has 0 saturated heterocycles. The fourth-order valence-electron chi connectivity index (χ4n) is 1.55. The zero-order chi connectivity index (χ0) is 11.5. The Balaban J connectivity index is 1.93. The number of halogens is 1. The van der Waals surface area contributed by atoms with E-state index >= 15 is 0 Å². The van der Waals surface area contributed by atoms with Crippen LogP contribution in [-0.4, -0.2) is 14.7 Å². The molecule has 0 fully saturated rings. The molecule has 0 spiro atoms. The Kier molecular flexibility index (Phi) is 3.63. The molecule has 0 amide bonds. The molecule has 0 aliphatic carbocycles. The number of aliphatic hydroxyl groups is 1. The summed E-state index contributed by atoms with van der Waals surface area (Å²) in [5, 5.41) is 12.5. The van der Waals surface area contributed by atoms with Crippen LogP contribution in [-0.2, 0) is 13.5 Å². The van der Waals surface area contributed by atoms with E-state index in [9.17, 15) is 5.11 Å². The van der Waals surface area contributed by atoms with Gasteiger partial charge in [0.1, 0.15) is 5.82 Å². The maximum atomic E-state index is 9.94. The zero-order valence-corrected chi connectivity index (χ0v) is 10.5. The number of imidazole rings is 1. The van der Waals surface area contributed by atoms with Crippen molar-refractivity contribution in [3.05, 3.63) is 39.6 Å². The van der Waals surface area contributed by atoms with Crippen LogP contribution in [0.2, 0.25) is 5.02 Å². The second kappa shape index (κ2) is 4.99. The highest BCUT2D eigenvalue weighted by Gasteiger charge is 2.11. The first kappa shape index (κ1) is 11.6. The SMILES string of the molecule is Cn1ccnc1CCC(O)c1cc(Cl)cs1. The van der Waals surface area contributed by atoms with Crippen LogP contribution in [0.25, 0.3) is 0 Å². The summed E-state index contributed by atoms with van der Waals surface area (Å²) in [5.74, 6) is 0.988. The molecular formula is C11H13ClN2OS. The van der Waals surface area contributed by atoms with Gasteiger partial charge in [-0.3, -0.25) is 0 Å². The minimum Gasteiger partial charge on any atom is -0.388 e. The Morgan fingerprint density at radius 3 is 3.00 bits per heavy atom. The van der Waals surface area contributed by atoms with Crippen molar-refractivity contribution in [1.29, 1.82) is 0 Å². The van der Waals surface area contributed by atoms with E-state index in [1.54, 1.807) is 6.20 Å². The first-order valence-electron chi connectivity index (χ1n) is 5.05. The van der Waals surface area contributed by atoms with Crippen LogP contribution >= 0.6 is 22.9 Å². The summed E-state index contributed by atoms with van der Waals surface area (Å²) in [5.41, 5.74) is 0. The quantitative estimate of drug-likeness (QED) is 0.914. The van der Waals surface area contributed by atoms with Gasteiger partial charge in [0.15, 0.2) is 0 Å². The van der Waals surface area contributed by atoms with Crippen LogP contribution in [0.5, 0.6) is 0 Å². The van der Waals surface area contributed by atoms with Crippen molar-refractivity contribution in [3.8, 4) is 0 Å². The normalized spacial score (nSPS) is 12.9. The molecule has 0 radical (unpaired) electrons. The van der Waals surface area contributed by atoms with Gasteiger partial charge in [-0.2, -0.15) is 0 Å². The van der Waals surface area contributed by atoms with Gasteiger partial charge in [0, 0.05) is 36.1 Å². The fraction of sp³-hybridized carbons (Fsp3) is 0.364. The second-order valence-corrected chi connectivity index (χ2v) is 5.06. The van der Waals surface area contributed by atoms with E-state index in [1.165, 1.54) is 11.3 Å². The Bertz CT molecular complexity index is 466. The van der Waals surface area contributed by atoms with Crippen molar-refractivity contribution in [2.24, 2.45) is 7.05 Å². The molecule has 0 bridgehead atoms. The average Bonchev–Trinajstić information content (AvgIpc) is 2.84. The van der Waals surface area contributed by atoms with Crippen LogP contribution in [0.4, 0.5) is 0 Å². The number of aromatic nitrogens is 2. The van der Waals surface area contributed by atoms with E-state index < -0.39 is 6.10 Å². The van der Waals surface area contributed by atoms with E-state index in [4.69, 9.17) is 11.6 Å². The van der Waals surface area contributed by atoms with Gasteiger partial charge in [0.05, 0.1) is 11.1 Å². The molecule has 16 heavy (non-hydrogen) atoms. The fourth-order valence-corrected chi connectivity index (χ4v) is 2.65. The van der Waals surface area contributed by atoms with Crippen LogP contribution in [0.1, 0.15) is 23.2 Å². The third-order valence-corrected chi connectivity index (χ3v) is 3.86. The predicted octanol–water partition coefficient (Wildman–Crippen LogP) is 2.80. The Morgan fingerprint density at radius 1 is 1.62 bits per heavy atom. The molecule has 86 valence electrons. The first-order valence-corrected chi connectivity index (χ1v) is 6.31. The van der Waals surface area contributed by atoms with Gasteiger partial charge in [0.25, 0.3) is 0 Å². The molecule has 0 saturated carbocycles. The molecule has 2 heterocycles. The molecule has 3 nitrogen and oxygen atoms in total. The highest BCUT2D eigenvalue weighted by Crippen LogP contribution is 2.27. The maximum Gasteiger partial charge on any atom is 0.108 e. The molecule has 2 aromatic rings. The van der Waals surface area contributed by atoms with Crippen molar-refractivity contribution in [3.63, 3.8) is 0 Å². The van der Waals surface area contributed by atoms with Crippen molar-refractivity contribution >= 4 is 22.9 Å². The van der Waals surface area contributed by atoms with Gasteiger partial charge in [-0.25, -0.2) is 4.98 Å². The number of rotatable bonds is 4. The van der Waals surface area contributed by atoms with Gasteiger partial charge in [-0.1, -0.05) is 11.6 Å². The number of aryl methyl sites for hydroxylation is 2. The molecule has 2 aromatic heterocycles. The Hall–Kier alpha value is -0.840. The third kappa shape index (κ3) is 2.64. The van der Waals surface area contributed by atoms with Crippen molar-refractivity contribution in [2.75, 3.05) is 0 Å². The molecule has 0 aliphatic rings. The highest BCUT2D eigenvalue weighted by atomic mass is 35.5. The molecule has 1 atom stereocenters. The van der Waals surface area contributed by atoms with Gasteiger partial charge in [0.2, 0.25) is 0 Å². The van der Waals surface area contributed by atoms with E-state index in [-0.39, 0.29) is 0 Å². The summed E-state index contributed by atoms with van der Waals surface area (Å²) in [7, 11) is 1.96. The van der Waals surface area contributed by atoms with Crippen molar-refractivity contribution < 1.29 is 5.11 Å². The summed E-state index contributed by atoms with van der Waals surface area (Å²) in [6.45, 7) is 0. The van der Waals surface area contributed by atoms with Crippen LogP contribution in [0.15, 0.2) is 23.8 Å². The topological polar surface area (TPSA) is 38.0 Å². The number of hydrogen-bond donors (Lipinski definition) is 1. The van der Waals surface area contributed by atoms with Crippen molar-refractivity contribution in [1.82, 2.24) is 9.55 Å². The molecule has 1 N–H and O–H groups in total. The number of thiophene rings is 1. The van der Waals surface area contributed by atoms with E-state index in [2.05, 4.69) is 4.98 Å². The zero-order valence-electron chi connectivity index (χ0n) is 8.93. The minimum atomic E-state index is -0.450. The molecule has 0 aromatic carbocycles. The van der Waals surface area contributed by atoms with Gasteiger partial charge >= 0.3 is 0 Å². The summed E-state index contributed by atoms with van der Waals surface area (Å²) in [4.78, 5) is 5.13. The monoisotopic (exact) mass is 256 g/mol. The van der Waals surface area contributed by atoms with Gasteiger partial charge < -0.3 is 9.67 Å². The lowest BCUT2D eigenvalue weighted by Gasteiger charge is -2.07. The van der Waals surface area contributed by atoms with Crippen LogP contribution in [0.3, 0.4) is 0 Å². The Morgan fingerprint density at radius 2 is 2.44 bits per heavy atom. The largest absolute Gasteiger partial charge is 0.388 e. The second-order valence-electron chi connectivity index (χ2n) is 3.68. The summed E-state index contributed by atoms with van der Waals surface area (Å²) in [6.07, 6.45) is 4.66. The lowest BCUT2D eigenvalue weighted by Crippen LogP contribution is -2.02. The summed E-state index contributed by atoms with van der Waals surface area (Å²) in [6, 6.07) is 1.81. The minimum absolute atomic E-state index is 0.450. The van der Waals surface area contributed by atoms with Crippen molar-refractivity contribution in [2.45, 2.75) is 18.9 Å². The standard InChI is InChI=1S/C11H13ClN2OS/c1-14-5-4-13-11(14)3-2-9(15)10-6-8(12)7-16-10/h4-7,9,15H,2-3H2,1H3. The number of nitrogens with zero attached hydrogens (tertiary/aromatic N) is 2. The molecule has 1 unspecified atom stereocenters. The highest BCUT2D eigenvalue weighted by molar-refractivity contribution is 7.10. The predicted molar refractivity (Wildman–Crippen MR) is 65.8 cm³/mol. The molecular weight excluding hydrogens is 244 g/mol. The average molecular weight is 257 g/mol. The smallest absolute Gasteiger partial charge is 0.108 e.